The number of carbonyl (C=O) groups is 1. The second kappa shape index (κ2) is 8.82. The number of rotatable bonds is 6. The average molecular weight is 426 g/mol. The molecule has 0 aliphatic carbocycles. The minimum Gasteiger partial charge on any atom is -0.351 e. The van der Waals surface area contributed by atoms with Crippen LogP contribution in [0.1, 0.15) is 16.7 Å². The van der Waals surface area contributed by atoms with Gasteiger partial charge in [0.15, 0.2) is 0 Å². The van der Waals surface area contributed by atoms with E-state index < -0.39 is 0 Å². The molecule has 0 radical (unpaired) electrons. The first-order valence-electron chi connectivity index (χ1n) is 10.4. The van der Waals surface area contributed by atoms with Crippen LogP contribution in [0.3, 0.4) is 0 Å². The fourth-order valence-corrected chi connectivity index (χ4v) is 5.13. The molecule has 5 heteroatoms. The number of hydrogen-bond acceptors (Lipinski definition) is 3. The fourth-order valence-electron chi connectivity index (χ4n) is 3.91. The zero-order valence-electron chi connectivity index (χ0n) is 17.1. The van der Waals surface area contributed by atoms with Crippen molar-refractivity contribution >= 4 is 17.7 Å². The fraction of sp³-hybridized carbons (Fsp3) is 0.154. The van der Waals surface area contributed by atoms with Gasteiger partial charge in [-0.25, -0.2) is 0 Å². The number of carbonyl (C=O) groups excluding carboxylic acids is 1. The normalized spacial score (nSPS) is 14.9. The molecule has 1 aliphatic rings. The van der Waals surface area contributed by atoms with E-state index in [4.69, 9.17) is 5.10 Å². The standard InChI is InChI=1S/C26H23N3OS/c30-26(24-15-21-13-7-8-14-23(21)31-24)27-16-22-18-29(17-19-9-3-1-4-10-19)28-25(22)20-11-5-2-6-12-20/h1-14,18,24H,15-17H2,(H,27,30). The van der Waals surface area contributed by atoms with Gasteiger partial charge in [0.2, 0.25) is 5.91 Å². The number of aromatic nitrogens is 2. The van der Waals surface area contributed by atoms with E-state index in [-0.39, 0.29) is 11.2 Å². The molecule has 2 heterocycles. The van der Waals surface area contributed by atoms with E-state index in [9.17, 15) is 4.79 Å². The van der Waals surface area contributed by atoms with Crippen LogP contribution >= 0.6 is 11.8 Å². The highest BCUT2D eigenvalue weighted by Crippen LogP contribution is 2.36. The van der Waals surface area contributed by atoms with Gasteiger partial charge in [-0.05, 0) is 23.6 Å². The van der Waals surface area contributed by atoms with Crippen LogP contribution in [0.4, 0.5) is 0 Å². The quantitative estimate of drug-likeness (QED) is 0.476. The van der Waals surface area contributed by atoms with Crippen molar-refractivity contribution in [1.82, 2.24) is 15.1 Å². The molecule has 1 N–H and O–H groups in total. The van der Waals surface area contributed by atoms with Crippen LogP contribution in [-0.2, 0) is 24.3 Å². The van der Waals surface area contributed by atoms with Crippen LogP contribution < -0.4 is 5.32 Å². The Kier molecular flexibility index (Phi) is 5.59. The molecule has 0 spiro atoms. The maximum Gasteiger partial charge on any atom is 0.234 e. The predicted octanol–water partition coefficient (Wildman–Crippen LogP) is 4.93. The molecule has 4 aromatic rings. The lowest BCUT2D eigenvalue weighted by Crippen LogP contribution is -2.32. The summed E-state index contributed by atoms with van der Waals surface area (Å²) in [6.07, 6.45) is 2.83. The summed E-state index contributed by atoms with van der Waals surface area (Å²) >= 11 is 1.65. The molecule has 1 aromatic heterocycles. The van der Waals surface area contributed by atoms with Gasteiger partial charge in [0.05, 0.1) is 17.5 Å². The molecule has 1 atom stereocenters. The maximum absolute atomic E-state index is 12.9. The topological polar surface area (TPSA) is 46.9 Å². The Bertz CT molecular complexity index is 1160. The average Bonchev–Trinajstić information content (AvgIpc) is 3.43. The van der Waals surface area contributed by atoms with Gasteiger partial charge in [0.25, 0.3) is 0 Å². The number of thioether (sulfide) groups is 1. The monoisotopic (exact) mass is 425 g/mol. The third kappa shape index (κ3) is 4.42. The first-order chi connectivity index (χ1) is 15.3. The Morgan fingerprint density at radius 1 is 0.968 bits per heavy atom. The van der Waals surface area contributed by atoms with E-state index in [1.165, 1.54) is 16.0 Å². The first-order valence-corrected chi connectivity index (χ1v) is 11.3. The summed E-state index contributed by atoms with van der Waals surface area (Å²) in [5.74, 6) is 0.0796. The smallest absolute Gasteiger partial charge is 0.234 e. The highest BCUT2D eigenvalue weighted by molar-refractivity contribution is 8.01. The molecule has 1 unspecified atom stereocenters. The van der Waals surface area contributed by atoms with Crippen LogP contribution in [0.25, 0.3) is 11.3 Å². The van der Waals surface area contributed by atoms with Gasteiger partial charge >= 0.3 is 0 Å². The summed E-state index contributed by atoms with van der Waals surface area (Å²) in [5.41, 5.74) is 5.45. The Balaban J connectivity index is 1.33. The van der Waals surface area contributed by atoms with Crippen molar-refractivity contribution in [3.8, 4) is 11.3 Å². The number of benzene rings is 3. The highest BCUT2D eigenvalue weighted by atomic mass is 32.2. The molecule has 154 valence electrons. The Morgan fingerprint density at radius 3 is 2.45 bits per heavy atom. The van der Waals surface area contributed by atoms with Crippen LogP contribution in [0.15, 0.2) is 96.0 Å². The molecule has 3 aromatic carbocycles. The molecule has 31 heavy (non-hydrogen) atoms. The first kappa shape index (κ1) is 19.6. The number of nitrogens with zero attached hydrogens (tertiary/aromatic N) is 2. The Hall–Kier alpha value is -3.31. The van der Waals surface area contributed by atoms with Gasteiger partial charge in [0.1, 0.15) is 0 Å². The third-order valence-electron chi connectivity index (χ3n) is 5.46. The summed E-state index contributed by atoms with van der Waals surface area (Å²) in [6, 6.07) is 28.7. The van der Waals surface area contributed by atoms with Gasteiger partial charge in [-0.3, -0.25) is 9.48 Å². The van der Waals surface area contributed by atoms with Gasteiger partial charge in [-0.15, -0.1) is 11.8 Å². The largest absolute Gasteiger partial charge is 0.351 e. The summed E-state index contributed by atoms with van der Waals surface area (Å²) < 4.78 is 1.96. The molecule has 0 fully saturated rings. The molecule has 1 amide bonds. The lowest BCUT2D eigenvalue weighted by atomic mass is 10.1. The summed E-state index contributed by atoms with van der Waals surface area (Å²) in [6.45, 7) is 1.16. The van der Waals surface area contributed by atoms with Crippen molar-refractivity contribution in [2.24, 2.45) is 0 Å². The van der Waals surface area contributed by atoms with E-state index in [0.29, 0.717) is 13.1 Å². The lowest BCUT2D eigenvalue weighted by molar-refractivity contribution is -0.120. The predicted molar refractivity (Wildman–Crippen MR) is 125 cm³/mol. The SMILES string of the molecule is O=C(NCc1cn(Cc2ccccc2)nc1-c1ccccc1)C1Cc2ccccc2S1. The summed E-state index contributed by atoms with van der Waals surface area (Å²) in [4.78, 5) is 14.1. The van der Waals surface area contributed by atoms with Crippen molar-refractivity contribution in [2.45, 2.75) is 29.7 Å². The van der Waals surface area contributed by atoms with Crippen molar-refractivity contribution in [3.63, 3.8) is 0 Å². The zero-order chi connectivity index (χ0) is 21.0. The minimum atomic E-state index is -0.0723. The molecule has 5 rings (SSSR count). The highest BCUT2D eigenvalue weighted by Gasteiger charge is 2.28. The molecular weight excluding hydrogens is 402 g/mol. The van der Waals surface area contributed by atoms with Crippen molar-refractivity contribution in [3.05, 3.63) is 108 Å². The minimum absolute atomic E-state index is 0.0723. The van der Waals surface area contributed by atoms with E-state index in [2.05, 4.69) is 41.7 Å². The van der Waals surface area contributed by atoms with E-state index in [1.54, 1.807) is 11.8 Å². The van der Waals surface area contributed by atoms with E-state index in [1.807, 2.05) is 59.4 Å². The van der Waals surface area contributed by atoms with Gasteiger partial charge in [0, 0.05) is 28.8 Å². The van der Waals surface area contributed by atoms with Gasteiger partial charge < -0.3 is 5.32 Å². The van der Waals surface area contributed by atoms with Crippen LogP contribution in [-0.4, -0.2) is 20.9 Å². The maximum atomic E-state index is 12.9. The molecule has 0 saturated carbocycles. The molecule has 0 saturated heterocycles. The van der Waals surface area contributed by atoms with E-state index >= 15 is 0 Å². The lowest BCUT2D eigenvalue weighted by Gasteiger charge is -2.10. The molecular formula is C26H23N3OS. The number of amides is 1. The van der Waals surface area contributed by atoms with Crippen molar-refractivity contribution < 1.29 is 4.79 Å². The Morgan fingerprint density at radius 2 is 1.68 bits per heavy atom. The second-order valence-electron chi connectivity index (χ2n) is 7.69. The Labute approximate surface area is 186 Å². The van der Waals surface area contributed by atoms with Gasteiger partial charge in [-0.2, -0.15) is 5.10 Å². The van der Waals surface area contributed by atoms with Crippen molar-refractivity contribution in [1.29, 1.82) is 0 Å². The second-order valence-corrected chi connectivity index (χ2v) is 8.93. The van der Waals surface area contributed by atoms with Crippen LogP contribution in [0.2, 0.25) is 0 Å². The summed E-state index contributed by atoms with van der Waals surface area (Å²) in [7, 11) is 0. The van der Waals surface area contributed by atoms with E-state index in [0.717, 1.165) is 23.2 Å². The molecule has 0 bridgehead atoms. The molecule has 4 nitrogen and oxygen atoms in total. The van der Waals surface area contributed by atoms with Crippen LogP contribution in [0, 0.1) is 0 Å². The zero-order valence-corrected chi connectivity index (χ0v) is 17.9. The number of nitrogens with one attached hydrogen (secondary N) is 1. The third-order valence-corrected chi connectivity index (χ3v) is 6.78. The number of hydrogen-bond donors (Lipinski definition) is 1. The number of fused-ring (bicyclic) bond motifs is 1. The van der Waals surface area contributed by atoms with Crippen LogP contribution in [0.5, 0.6) is 0 Å². The summed E-state index contributed by atoms with van der Waals surface area (Å²) in [5, 5.41) is 7.92. The molecule has 1 aliphatic heterocycles. The van der Waals surface area contributed by atoms with Gasteiger partial charge in [-0.1, -0.05) is 78.9 Å². The van der Waals surface area contributed by atoms with Crippen molar-refractivity contribution in [2.75, 3.05) is 0 Å².